The van der Waals surface area contributed by atoms with Gasteiger partial charge in [-0.15, -0.1) is 0 Å². The summed E-state index contributed by atoms with van der Waals surface area (Å²) in [6.07, 6.45) is 3.44. The molecule has 2 aromatic rings. The number of hydrogen-bond donors (Lipinski definition) is 1. The summed E-state index contributed by atoms with van der Waals surface area (Å²) in [4.78, 5) is 19.7. The molecule has 2 aromatic heterocycles. The molecule has 0 aromatic carbocycles. The van der Waals surface area contributed by atoms with Crippen LogP contribution in [0.2, 0.25) is 0 Å². The number of carboxylic acids is 1. The van der Waals surface area contributed by atoms with E-state index in [1.54, 1.807) is 19.3 Å². The van der Waals surface area contributed by atoms with Crippen molar-refractivity contribution in [3.63, 3.8) is 0 Å². The molecule has 0 fully saturated rings. The van der Waals surface area contributed by atoms with E-state index in [0.717, 1.165) is 23.4 Å². The zero-order chi connectivity index (χ0) is 13.3. The highest BCUT2D eigenvalue weighted by molar-refractivity contribution is 5.75. The Morgan fingerprint density at radius 2 is 2.22 bits per heavy atom. The van der Waals surface area contributed by atoms with Gasteiger partial charge in [0, 0.05) is 18.7 Å². The van der Waals surface area contributed by atoms with E-state index in [2.05, 4.69) is 14.5 Å². The molecular weight excluding hydrogens is 230 g/mol. The van der Waals surface area contributed by atoms with Gasteiger partial charge in [-0.2, -0.15) is 0 Å². The summed E-state index contributed by atoms with van der Waals surface area (Å²) in [5.74, 6) is -0.569. The molecule has 18 heavy (non-hydrogen) atoms. The van der Waals surface area contributed by atoms with Gasteiger partial charge in [-0.25, -0.2) is 4.98 Å². The van der Waals surface area contributed by atoms with Gasteiger partial charge in [0.25, 0.3) is 0 Å². The van der Waals surface area contributed by atoms with Crippen molar-refractivity contribution in [2.75, 3.05) is 0 Å². The molecule has 2 atom stereocenters. The van der Waals surface area contributed by atoms with E-state index in [0.29, 0.717) is 0 Å². The summed E-state index contributed by atoms with van der Waals surface area (Å²) in [7, 11) is 0. The van der Waals surface area contributed by atoms with Gasteiger partial charge in [0.05, 0.1) is 17.6 Å². The smallest absolute Gasteiger partial charge is 0.306 e. The molecule has 2 heterocycles. The number of pyridine rings is 1. The molecule has 0 saturated carbocycles. The third-order valence-corrected chi connectivity index (χ3v) is 3.44. The van der Waals surface area contributed by atoms with Crippen molar-refractivity contribution in [3.8, 4) is 0 Å². The fraction of sp³-hybridized carbons (Fsp3) is 0.462. The van der Waals surface area contributed by atoms with Crippen LogP contribution in [-0.2, 0) is 11.3 Å². The number of carbonyl (C=O) groups is 1. The molecule has 96 valence electrons. The van der Waals surface area contributed by atoms with Crippen molar-refractivity contribution in [2.24, 2.45) is 5.92 Å². The van der Waals surface area contributed by atoms with Crippen LogP contribution in [0.15, 0.2) is 18.5 Å². The number of nitrogens with zero attached hydrogens (tertiary/aromatic N) is 3. The zero-order valence-corrected chi connectivity index (χ0v) is 10.8. The topological polar surface area (TPSA) is 68.0 Å². The largest absolute Gasteiger partial charge is 0.481 e. The Morgan fingerprint density at radius 1 is 1.50 bits per heavy atom. The van der Waals surface area contributed by atoms with E-state index in [4.69, 9.17) is 5.11 Å². The fourth-order valence-corrected chi connectivity index (χ4v) is 2.12. The molecule has 0 saturated heterocycles. The number of hydrogen-bond acceptors (Lipinski definition) is 3. The maximum absolute atomic E-state index is 11.1. The van der Waals surface area contributed by atoms with E-state index in [1.165, 1.54) is 0 Å². The van der Waals surface area contributed by atoms with E-state index in [-0.39, 0.29) is 5.92 Å². The second-order valence-electron chi connectivity index (χ2n) is 4.49. The van der Waals surface area contributed by atoms with Crippen LogP contribution in [0.3, 0.4) is 0 Å². The number of fused-ring (bicyclic) bond motifs is 1. The second-order valence-corrected chi connectivity index (χ2v) is 4.49. The lowest BCUT2D eigenvalue weighted by atomic mass is 9.95. The molecule has 5 nitrogen and oxygen atoms in total. The quantitative estimate of drug-likeness (QED) is 0.900. The minimum atomic E-state index is -0.796. The van der Waals surface area contributed by atoms with Crippen molar-refractivity contribution in [3.05, 3.63) is 24.3 Å². The lowest BCUT2D eigenvalue weighted by Gasteiger charge is -2.16. The molecule has 0 aliphatic heterocycles. The first kappa shape index (κ1) is 12.5. The number of aliphatic carboxylic acids is 1. The van der Waals surface area contributed by atoms with Gasteiger partial charge in [0.15, 0.2) is 0 Å². The highest BCUT2D eigenvalue weighted by Gasteiger charge is 2.25. The van der Waals surface area contributed by atoms with Gasteiger partial charge in [0.2, 0.25) is 0 Å². The summed E-state index contributed by atoms with van der Waals surface area (Å²) in [6.45, 7) is 6.42. The Bertz CT molecular complexity index is 577. The number of imidazole rings is 1. The number of aromatic nitrogens is 3. The summed E-state index contributed by atoms with van der Waals surface area (Å²) >= 11 is 0. The van der Waals surface area contributed by atoms with Crippen LogP contribution in [0.4, 0.5) is 0 Å². The molecule has 1 N–H and O–H groups in total. The molecule has 0 aliphatic carbocycles. The summed E-state index contributed by atoms with van der Waals surface area (Å²) in [6, 6.07) is 1.91. The first-order chi connectivity index (χ1) is 8.56. The van der Waals surface area contributed by atoms with Crippen LogP contribution in [0.1, 0.15) is 32.5 Å². The molecule has 0 bridgehead atoms. The van der Waals surface area contributed by atoms with E-state index in [1.807, 2.05) is 19.9 Å². The van der Waals surface area contributed by atoms with Crippen molar-refractivity contribution < 1.29 is 9.90 Å². The first-order valence-corrected chi connectivity index (χ1v) is 6.09. The molecule has 0 aliphatic rings. The van der Waals surface area contributed by atoms with Crippen molar-refractivity contribution in [1.82, 2.24) is 14.5 Å². The maximum Gasteiger partial charge on any atom is 0.306 e. The molecule has 0 radical (unpaired) electrons. The van der Waals surface area contributed by atoms with Crippen LogP contribution in [0.25, 0.3) is 11.0 Å². The van der Waals surface area contributed by atoms with Gasteiger partial charge < -0.3 is 9.67 Å². The highest BCUT2D eigenvalue weighted by Crippen LogP contribution is 2.27. The SMILES string of the molecule is CCn1c(C(C)C(C)C(=O)O)nc2cnccc21. The van der Waals surface area contributed by atoms with Crippen LogP contribution in [0.5, 0.6) is 0 Å². The molecule has 2 rings (SSSR count). The minimum absolute atomic E-state index is 0.130. The van der Waals surface area contributed by atoms with Gasteiger partial charge in [0.1, 0.15) is 11.3 Å². The lowest BCUT2D eigenvalue weighted by molar-refractivity contribution is -0.141. The third-order valence-electron chi connectivity index (χ3n) is 3.44. The molecular formula is C13H17N3O2. The Hall–Kier alpha value is -1.91. The Balaban J connectivity index is 2.53. The Morgan fingerprint density at radius 3 is 2.83 bits per heavy atom. The third kappa shape index (κ3) is 1.96. The van der Waals surface area contributed by atoms with Gasteiger partial charge in [-0.3, -0.25) is 9.78 Å². The van der Waals surface area contributed by atoms with Gasteiger partial charge in [-0.1, -0.05) is 13.8 Å². The molecule has 0 amide bonds. The van der Waals surface area contributed by atoms with Crippen LogP contribution >= 0.6 is 0 Å². The highest BCUT2D eigenvalue weighted by atomic mass is 16.4. The van der Waals surface area contributed by atoms with Crippen molar-refractivity contribution in [2.45, 2.75) is 33.2 Å². The Kier molecular flexibility index (Phi) is 3.32. The standard InChI is InChI=1S/C13H17N3O2/c1-4-16-11-5-6-14-7-10(11)15-12(16)8(2)9(3)13(17)18/h5-9H,4H2,1-3H3,(H,17,18). The predicted octanol–water partition coefficient (Wildman–Crippen LogP) is 2.28. The Labute approximate surface area is 105 Å². The van der Waals surface area contributed by atoms with E-state index in [9.17, 15) is 4.79 Å². The van der Waals surface area contributed by atoms with E-state index >= 15 is 0 Å². The van der Waals surface area contributed by atoms with Gasteiger partial charge in [-0.05, 0) is 13.0 Å². The minimum Gasteiger partial charge on any atom is -0.481 e. The summed E-state index contributed by atoms with van der Waals surface area (Å²) < 4.78 is 2.06. The normalized spacial score (nSPS) is 14.6. The zero-order valence-electron chi connectivity index (χ0n) is 10.8. The monoisotopic (exact) mass is 247 g/mol. The molecule has 5 heteroatoms. The van der Waals surface area contributed by atoms with Gasteiger partial charge >= 0.3 is 5.97 Å². The summed E-state index contributed by atoms with van der Waals surface area (Å²) in [5.41, 5.74) is 1.82. The van der Waals surface area contributed by atoms with E-state index < -0.39 is 11.9 Å². The maximum atomic E-state index is 11.1. The first-order valence-electron chi connectivity index (χ1n) is 6.09. The number of carboxylic acid groups (broad SMARTS) is 1. The average Bonchev–Trinajstić information content (AvgIpc) is 2.75. The fourth-order valence-electron chi connectivity index (χ4n) is 2.12. The van der Waals surface area contributed by atoms with Crippen LogP contribution in [0, 0.1) is 5.92 Å². The van der Waals surface area contributed by atoms with Crippen LogP contribution in [-0.4, -0.2) is 25.6 Å². The van der Waals surface area contributed by atoms with Crippen molar-refractivity contribution >= 4 is 17.0 Å². The van der Waals surface area contributed by atoms with Crippen molar-refractivity contribution in [1.29, 1.82) is 0 Å². The number of rotatable bonds is 4. The second kappa shape index (κ2) is 4.76. The summed E-state index contributed by atoms with van der Waals surface area (Å²) in [5, 5.41) is 9.10. The lowest BCUT2D eigenvalue weighted by Crippen LogP contribution is -2.19. The molecule has 0 spiro atoms. The molecule has 2 unspecified atom stereocenters. The average molecular weight is 247 g/mol. The number of aryl methyl sites for hydroxylation is 1. The predicted molar refractivity (Wildman–Crippen MR) is 68.4 cm³/mol. The van der Waals surface area contributed by atoms with Crippen LogP contribution < -0.4 is 0 Å².